The average Bonchev–Trinajstić information content (AvgIpc) is 2.82. The molecule has 2 rings (SSSR count). The minimum atomic E-state index is -0.108. The zero-order valence-electron chi connectivity index (χ0n) is 12.7. The van der Waals surface area contributed by atoms with Gasteiger partial charge in [-0.3, -0.25) is 4.90 Å². The lowest BCUT2D eigenvalue weighted by Crippen LogP contribution is -2.62. The lowest BCUT2D eigenvalue weighted by atomic mass is 9.96. The van der Waals surface area contributed by atoms with E-state index in [1.165, 1.54) is 0 Å². The molecule has 1 atom stereocenters. The van der Waals surface area contributed by atoms with Crippen molar-refractivity contribution in [2.75, 3.05) is 46.4 Å². The number of carbonyl (C=O) groups is 1. The Morgan fingerprint density at radius 1 is 1.42 bits per heavy atom. The van der Waals surface area contributed by atoms with E-state index in [1.807, 2.05) is 14.0 Å². The van der Waals surface area contributed by atoms with Crippen LogP contribution in [0.4, 0.5) is 4.79 Å². The Hall–Kier alpha value is -0.810. The van der Waals surface area contributed by atoms with Gasteiger partial charge in [-0.1, -0.05) is 0 Å². The number of carbonyl (C=O) groups excluding carboxylic acids is 1. The van der Waals surface area contributed by atoms with Crippen molar-refractivity contribution in [3.05, 3.63) is 0 Å². The predicted molar refractivity (Wildman–Crippen MR) is 75.3 cm³/mol. The molecule has 0 aromatic heterocycles. The second kappa shape index (κ2) is 5.67. The van der Waals surface area contributed by atoms with Gasteiger partial charge in [-0.15, -0.1) is 0 Å². The first-order valence-electron chi connectivity index (χ1n) is 7.35. The summed E-state index contributed by atoms with van der Waals surface area (Å²) in [5, 5.41) is 0. The van der Waals surface area contributed by atoms with Crippen LogP contribution in [0, 0.1) is 0 Å². The van der Waals surface area contributed by atoms with E-state index in [9.17, 15) is 4.79 Å². The molecule has 110 valence electrons. The van der Waals surface area contributed by atoms with Gasteiger partial charge in [-0.25, -0.2) is 4.79 Å². The molecule has 2 saturated heterocycles. The molecule has 2 aliphatic heterocycles. The van der Waals surface area contributed by atoms with Gasteiger partial charge in [0.15, 0.2) is 0 Å². The SMILES string of the molecule is CCN(C)C(=O)N1CCOCC12CCN(C(C)C)C2. The molecular weight excluding hydrogens is 242 g/mol. The molecule has 2 fully saturated rings. The number of urea groups is 1. The number of ether oxygens (including phenoxy) is 1. The number of hydrogen-bond donors (Lipinski definition) is 0. The number of rotatable bonds is 2. The Morgan fingerprint density at radius 2 is 2.16 bits per heavy atom. The molecular formula is C14H27N3O2. The van der Waals surface area contributed by atoms with Gasteiger partial charge in [0.2, 0.25) is 0 Å². The van der Waals surface area contributed by atoms with E-state index in [0.29, 0.717) is 19.3 Å². The van der Waals surface area contributed by atoms with Crippen LogP contribution in [0.15, 0.2) is 0 Å². The number of likely N-dealkylation sites (tertiary alicyclic amines) is 1. The van der Waals surface area contributed by atoms with Crippen molar-refractivity contribution in [2.24, 2.45) is 0 Å². The molecule has 0 radical (unpaired) electrons. The van der Waals surface area contributed by atoms with E-state index in [-0.39, 0.29) is 11.6 Å². The van der Waals surface area contributed by atoms with Crippen LogP contribution in [0.5, 0.6) is 0 Å². The van der Waals surface area contributed by atoms with Crippen LogP contribution in [-0.4, -0.2) is 78.8 Å². The largest absolute Gasteiger partial charge is 0.377 e. The maximum atomic E-state index is 12.5. The van der Waals surface area contributed by atoms with Crippen LogP contribution in [0.2, 0.25) is 0 Å². The second-order valence-electron chi connectivity index (χ2n) is 6.04. The van der Waals surface area contributed by atoms with Crippen LogP contribution < -0.4 is 0 Å². The van der Waals surface area contributed by atoms with E-state index >= 15 is 0 Å². The molecule has 0 aliphatic carbocycles. The van der Waals surface area contributed by atoms with Crippen molar-refractivity contribution in [3.8, 4) is 0 Å². The summed E-state index contributed by atoms with van der Waals surface area (Å²) in [6.07, 6.45) is 1.02. The number of morpholine rings is 1. The molecule has 0 saturated carbocycles. The first-order chi connectivity index (χ1) is 9.00. The highest BCUT2D eigenvalue weighted by Crippen LogP contribution is 2.32. The third-order valence-corrected chi connectivity index (χ3v) is 4.53. The molecule has 0 aromatic carbocycles. The van der Waals surface area contributed by atoms with E-state index in [0.717, 1.165) is 32.6 Å². The summed E-state index contributed by atoms with van der Waals surface area (Å²) in [4.78, 5) is 18.8. The topological polar surface area (TPSA) is 36.0 Å². The minimum absolute atomic E-state index is 0.108. The Bertz CT molecular complexity index is 335. The highest BCUT2D eigenvalue weighted by atomic mass is 16.5. The molecule has 0 bridgehead atoms. The van der Waals surface area contributed by atoms with Crippen molar-refractivity contribution < 1.29 is 9.53 Å². The Morgan fingerprint density at radius 3 is 2.74 bits per heavy atom. The Labute approximate surface area is 116 Å². The van der Waals surface area contributed by atoms with Gasteiger partial charge >= 0.3 is 6.03 Å². The fourth-order valence-electron chi connectivity index (χ4n) is 3.04. The van der Waals surface area contributed by atoms with Gasteiger partial charge in [0.25, 0.3) is 0 Å². The molecule has 1 spiro atoms. The van der Waals surface area contributed by atoms with E-state index in [1.54, 1.807) is 4.90 Å². The smallest absolute Gasteiger partial charge is 0.320 e. The Kier molecular flexibility index (Phi) is 4.36. The average molecular weight is 269 g/mol. The monoisotopic (exact) mass is 269 g/mol. The summed E-state index contributed by atoms with van der Waals surface area (Å²) in [5.74, 6) is 0. The predicted octanol–water partition coefficient (Wildman–Crippen LogP) is 1.24. The van der Waals surface area contributed by atoms with Crippen LogP contribution >= 0.6 is 0 Å². The summed E-state index contributed by atoms with van der Waals surface area (Å²) in [6, 6.07) is 0.679. The maximum absolute atomic E-state index is 12.5. The van der Waals surface area contributed by atoms with Gasteiger partial charge in [-0.2, -0.15) is 0 Å². The number of hydrogen-bond acceptors (Lipinski definition) is 3. The van der Waals surface area contributed by atoms with Gasteiger partial charge < -0.3 is 14.5 Å². The first kappa shape index (κ1) is 14.6. The summed E-state index contributed by atoms with van der Waals surface area (Å²) in [6.45, 7) is 11.2. The van der Waals surface area contributed by atoms with Crippen molar-refractivity contribution in [3.63, 3.8) is 0 Å². The lowest BCUT2D eigenvalue weighted by Gasteiger charge is -2.46. The van der Waals surface area contributed by atoms with Crippen LogP contribution in [0.1, 0.15) is 27.2 Å². The summed E-state index contributed by atoms with van der Waals surface area (Å²) < 4.78 is 5.69. The van der Waals surface area contributed by atoms with E-state index < -0.39 is 0 Å². The zero-order chi connectivity index (χ0) is 14.0. The normalized spacial score (nSPS) is 28.4. The number of amides is 2. The van der Waals surface area contributed by atoms with Crippen LogP contribution in [-0.2, 0) is 4.74 Å². The third-order valence-electron chi connectivity index (χ3n) is 4.53. The molecule has 2 amide bonds. The van der Waals surface area contributed by atoms with Gasteiger partial charge in [0.05, 0.1) is 18.8 Å². The van der Waals surface area contributed by atoms with E-state index in [4.69, 9.17) is 4.74 Å². The zero-order valence-corrected chi connectivity index (χ0v) is 12.7. The van der Waals surface area contributed by atoms with Gasteiger partial charge in [0, 0.05) is 39.3 Å². The molecule has 0 aromatic rings. The molecule has 2 heterocycles. The second-order valence-corrected chi connectivity index (χ2v) is 6.04. The van der Waals surface area contributed by atoms with Crippen molar-refractivity contribution in [1.82, 2.24) is 14.7 Å². The highest BCUT2D eigenvalue weighted by Gasteiger charge is 2.48. The summed E-state index contributed by atoms with van der Waals surface area (Å²) >= 11 is 0. The summed E-state index contributed by atoms with van der Waals surface area (Å²) in [5.41, 5.74) is -0.108. The van der Waals surface area contributed by atoms with E-state index in [2.05, 4.69) is 23.6 Å². The third kappa shape index (κ3) is 2.72. The summed E-state index contributed by atoms with van der Waals surface area (Å²) in [7, 11) is 1.88. The Balaban J connectivity index is 2.14. The molecule has 19 heavy (non-hydrogen) atoms. The molecule has 0 N–H and O–H groups in total. The molecule has 5 heteroatoms. The lowest BCUT2D eigenvalue weighted by molar-refractivity contribution is -0.0467. The number of nitrogens with zero attached hydrogens (tertiary/aromatic N) is 3. The minimum Gasteiger partial charge on any atom is -0.377 e. The van der Waals surface area contributed by atoms with Crippen molar-refractivity contribution in [2.45, 2.75) is 38.8 Å². The maximum Gasteiger partial charge on any atom is 0.320 e. The molecule has 5 nitrogen and oxygen atoms in total. The van der Waals surface area contributed by atoms with Crippen LogP contribution in [0.25, 0.3) is 0 Å². The van der Waals surface area contributed by atoms with Crippen LogP contribution in [0.3, 0.4) is 0 Å². The van der Waals surface area contributed by atoms with Crippen molar-refractivity contribution >= 4 is 6.03 Å². The quantitative estimate of drug-likeness (QED) is 0.757. The van der Waals surface area contributed by atoms with Gasteiger partial charge in [0.1, 0.15) is 0 Å². The van der Waals surface area contributed by atoms with Gasteiger partial charge in [-0.05, 0) is 27.2 Å². The molecule has 2 aliphatic rings. The van der Waals surface area contributed by atoms with Crippen molar-refractivity contribution in [1.29, 1.82) is 0 Å². The fourth-order valence-corrected chi connectivity index (χ4v) is 3.04. The fraction of sp³-hybridized carbons (Fsp3) is 0.929. The first-order valence-corrected chi connectivity index (χ1v) is 7.35. The highest BCUT2D eigenvalue weighted by molar-refractivity contribution is 5.75. The molecule has 1 unspecified atom stereocenters. The standard InChI is InChI=1S/C14H27N3O2/c1-5-15(4)13(18)17-8-9-19-11-14(17)6-7-16(10-14)12(2)3/h12H,5-11H2,1-4H3.